The van der Waals surface area contributed by atoms with Crippen LogP contribution in [-0.4, -0.2) is 25.2 Å². The fourth-order valence-electron chi connectivity index (χ4n) is 2.39. The van der Waals surface area contributed by atoms with Gasteiger partial charge in [0, 0.05) is 0 Å². The Bertz CT molecular complexity index is 677. The molecule has 2 aromatic carbocycles. The normalized spacial score (nSPS) is 10.2. The summed E-state index contributed by atoms with van der Waals surface area (Å²) in [6, 6.07) is 15.0. The minimum absolute atomic E-state index is 0.249. The third kappa shape index (κ3) is 4.19. The number of esters is 2. The Morgan fingerprint density at radius 2 is 1.48 bits per heavy atom. The van der Waals surface area contributed by atoms with E-state index in [2.05, 4.69) is 0 Å². The summed E-state index contributed by atoms with van der Waals surface area (Å²) in [6.45, 7) is 3.97. The molecule has 23 heavy (non-hydrogen) atoms. The summed E-state index contributed by atoms with van der Waals surface area (Å²) < 4.78 is 10.2. The molecule has 0 aliphatic heterocycles. The summed E-state index contributed by atoms with van der Waals surface area (Å²) in [7, 11) is 0. The summed E-state index contributed by atoms with van der Waals surface area (Å²) in [5.41, 5.74) is 2.34. The van der Waals surface area contributed by atoms with E-state index >= 15 is 0 Å². The number of benzene rings is 2. The highest BCUT2D eigenvalue weighted by atomic mass is 16.5. The van der Waals surface area contributed by atoms with E-state index in [1.807, 2.05) is 36.4 Å². The Kier molecular flexibility index (Phi) is 5.92. The molecular formula is C19H20O4. The maximum Gasteiger partial charge on any atom is 0.339 e. The smallest absolute Gasteiger partial charge is 0.339 e. The molecule has 0 aliphatic rings. The van der Waals surface area contributed by atoms with Crippen molar-refractivity contribution in [2.45, 2.75) is 20.3 Å². The van der Waals surface area contributed by atoms with Gasteiger partial charge in [0.25, 0.3) is 0 Å². The predicted molar refractivity (Wildman–Crippen MR) is 87.6 cm³/mol. The van der Waals surface area contributed by atoms with Crippen LogP contribution in [0.4, 0.5) is 0 Å². The van der Waals surface area contributed by atoms with E-state index in [0.29, 0.717) is 6.42 Å². The fourth-order valence-corrected chi connectivity index (χ4v) is 2.39. The molecule has 4 nitrogen and oxygen atoms in total. The molecule has 0 fully saturated rings. The summed E-state index contributed by atoms with van der Waals surface area (Å²) in [4.78, 5) is 24.5. The van der Waals surface area contributed by atoms with Gasteiger partial charge in [0.1, 0.15) is 0 Å². The Morgan fingerprint density at radius 3 is 2.13 bits per heavy atom. The van der Waals surface area contributed by atoms with E-state index in [1.165, 1.54) is 0 Å². The molecule has 0 saturated heterocycles. The van der Waals surface area contributed by atoms with Gasteiger partial charge in [0.15, 0.2) is 0 Å². The molecule has 0 heterocycles. The van der Waals surface area contributed by atoms with Crippen molar-refractivity contribution in [3.8, 4) is 0 Å². The second kappa shape index (κ2) is 8.13. The van der Waals surface area contributed by atoms with Crippen molar-refractivity contribution in [3.63, 3.8) is 0 Å². The highest BCUT2D eigenvalue weighted by Crippen LogP contribution is 2.21. The first kappa shape index (κ1) is 16.7. The lowest BCUT2D eigenvalue weighted by molar-refractivity contribution is 0.0478. The van der Waals surface area contributed by atoms with Crippen LogP contribution in [-0.2, 0) is 15.9 Å². The summed E-state index contributed by atoms with van der Waals surface area (Å²) in [5.74, 6) is -1.01. The van der Waals surface area contributed by atoms with Gasteiger partial charge < -0.3 is 9.47 Å². The van der Waals surface area contributed by atoms with Gasteiger partial charge in [0.2, 0.25) is 0 Å². The molecule has 4 heteroatoms. The van der Waals surface area contributed by atoms with Gasteiger partial charge in [-0.25, -0.2) is 9.59 Å². The molecule has 0 atom stereocenters. The first-order valence-corrected chi connectivity index (χ1v) is 7.67. The van der Waals surface area contributed by atoms with Gasteiger partial charge in [-0.15, -0.1) is 0 Å². The quantitative estimate of drug-likeness (QED) is 0.764. The van der Waals surface area contributed by atoms with Crippen LogP contribution in [0.5, 0.6) is 0 Å². The molecule has 0 saturated carbocycles. The first-order valence-electron chi connectivity index (χ1n) is 7.67. The fraction of sp³-hybridized carbons (Fsp3) is 0.263. The Balaban J connectivity index is 2.46. The minimum atomic E-state index is -0.509. The molecule has 0 amide bonds. The van der Waals surface area contributed by atoms with E-state index in [0.717, 1.165) is 11.1 Å². The largest absolute Gasteiger partial charge is 0.462 e. The van der Waals surface area contributed by atoms with Gasteiger partial charge in [-0.05, 0) is 37.5 Å². The van der Waals surface area contributed by atoms with Gasteiger partial charge in [-0.1, -0.05) is 42.5 Å². The average molecular weight is 312 g/mol. The van der Waals surface area contributed by atoms with Crippen molar-refractivity contribution in [1.29, 1.82) is 0 Å². The Labute approximate surface area is 136 Å². The maximum absolute atomic E-state index is 12.4. The summed E-state index contributed by atoms with van der Waals surface area (Å²) >= 11 is 0. The van der Waals surface area contributed by atoms with Crippen molar-refractivity contribution < 1.29 is 19.1 Å². The zero-order valence-corrected chi connectivity index (χ0v) is 13.4. The lowest BCUT2D eigenvalue weighted by Gasteiger charge is -2.13. The molecule has 0 unspecified atom stereocenters. The molecule has 120 valence electrons. The van der Waals surface area contributed by atoms with Crippen molar-refractivity contribution in [3.05, 3.63) is 70.8 Å². The third-order valence-electron chi connectivity index (χ3n) is 3.36. The number of carbonyl (C=O) groups is 2. The summed E-state index contributed by atoms with van der Waals surface area (Å²) in [5, 5.41) is 0. The van der Waals surface area contributed by atoms with E-state index in [9.17, 15) is 9.59 Å². The van der Waals surface area contributed by atoms with Gasteiger partial charge in [0.05, 0.1) is 24.3 Å². The minimum Gasteiger partial charge on any atom is -0.462 e. The molecule has 0 bridgehead atoms. The van der Waals surface area contributed by atoms with Crippen molar-refractivity contribution in [2.24, 2.45) is 0 Å². The number of hydrogen-bond donors (Lipinski definition) is 0. The number of ether oxygens (including phenoxy) is 2. The number of hydrogen-bond acceptors (Lipinski definition) is 4. The van der Waals surface area contributed by atoms with Gasteiger partial charge in [-0.2, -0.15) is 0 Å². The monoisotopic (exact) mass is 312 g/mol. The van der Waals surface area contributed by atoms with E-state index in [-0.39, 0.29) is 24.3 Å². The molecule has 0 radical (unpaired) electrons. The Hall–Kier alpha value is -2.62. The topological polar surface area (TPSA) is 52.6 Å². The zero-order valence-electron chi connectivity index (χ0n) is 13.4. The molecule has 0 N–H and O–H groups in total. The summed E-state index contributed by atoms with van der Waals surface area (Å²) in [6.07, 6.45) is 0.544. The van der Waals surface area contributed by atoms with Crippen LogP contribution >= 0.6 is 0 Å². The van der Waals surface area contributed by atoms with Crippen molar-refractivity contribution in [2.75, 3.05) is 13.2 Å². The second-order valence-corrected chi connectivity index (χ2v) is 4.94. The predicted octanol–water partition coefficient (Wildman–Crippen LogP) is 3.63. The third-order valence-corrected chi connectivity index (χ3v) is 3.36. The number of rotatable bonds is 6. The highest BCUT2D eigenvalue weighted by molar-refractivity contribution is 6.04. The van der Waals surface area contributed by atoms with Crippen molar-refractivity contribution >= 4 is 11.9 Å². The maximum atomic E-state index is 12.4. The van der Waals surface area contributed by atoms with Crippen LogP contribution < -0.4 is 0 Å². The van der Waals surface area contributed by atoms with Crippen LogP contribution in [0.2, 0.25) is 0 Å². The SMILES string of the molecule is CCOC(=O)c1cccc(Cc2ccccc2)c1C(=O)OCC. The van der Waals surface area contributed by atoms with Gasteiger partial charge >= 0.3 is 11.9 Å². The van der Waals surface area contributed by atoms with Crippen LogP contribution in [0.15, 0.2) is 48.5 Å². The van der Waals surface area contributed by atoms with E-state index < -0.39 is 11.9 Å². The lowest BCUT2D eigenvalue weighted by atomic mass is 9.95. The molecule has 2 aromatic rings. The van der Waals surface area contributed by atoms with E-state index in [1.54, 1.807) is 26.0 Å². The lowest BCUT2D eigenvalue weighted by Crippen LogP contribution is -2.16. The standard InChI is InChI=1S/C19H20O4/c1-3-22-18(20)16-12-8-11-15(17(16)19(21)23-4-2)13-14-9-6-5-7-10-14/h5-12H,3-4,13H2,1-2H3. The number of carbonyl (C=O) groups excluding carboxylic acids is 2. The highest BCUT2D eigenvalue weighted by Gasteiger charge is 2.22. The molecule has 0 aromatic heterocycles. The van der Waals surface area contributed by atoms with Crippen LogP contribution in [0, 0.1) is 0 Å². The second-order valence-electron chi connectivity index (χ2n) is 4.94. The van der Waals surface area contributed by atoms with Crippen LogP contribution in [0.25, 0.3) is 0 Å². The van der Waals surface area contributed by atoms with E-state index in [4.69, 9.17) is 9.47 Å². The average Bonchev–Trinajstić information content (AvgIpc) is 2.56. The first-order chi connectivity index (χ1) is 11.2. The Morgan fingerprint density at radius 1 is 0.826 bits per heavy atom. The van der Waals surface area contributed by atoms with Gasteiger partial charge in [-0.3, -0.25) is 0 Å². The molecule has 0 spiro atoms. The molecular weight excluding hydrogens is 292 g/mol. The molecule has 2 rings (SSSR count). The van der Waals surface area contributed by atoms with Crippen LogP contribution in [0.3, 0.4) is 0 Å². The molecule has 0 aliphatic carbocycles. The van der Waals surface area contributed by atoms with Crippen LogP contribution in [0.1, 0.15) is 45.7 Å². The zero-order chi connectivity index (χ0) is 16.7. The van der Waals surface area contributed by atoms with Crippen molar-refractivity contribution in [1.82, 2.24) is 0 Å².